The van der Waals surface area contributed by atoms with Crippen LogP contribution in [0.3, 0.4) is 0 Å². The van der Waals surface area contributed by atoms with Gasteiger partial charge in [0, 0.05) is 11.6 Å². The Morgan fingerprint density at radius 3 is 2.76 bits per heavy atom. The number of ether oxygens (including phenoxy) is 1. The van der Waals surface area contributed by atoms with E-state index < -0.39 is 0 Å². The maximum absolute atomic E-state index is 5.73. The van der Waals surface area contributed by atoms with E-state index >= 15 is 0 Å². The molecular formula is C18H18NOS. The minimum atomic E-state index is 0.795. The van der Waals surface area contributed by atoms with Gasteiger partial charge in [0.15, 0.2) is 0 Å². The lowest BCUT2D eigenvalue weighted by Gasteiger charge is -2.05. The third kappa shape index (κ3) is 3.42. The first-order chi connectivity index (χ1) is 10.4. The van der Waals surface area contributed by atoms with Gasteiger partial charge in [0.1, 0.15) is 10.8 Å². The van der Waals surface area contributed by atoms with Crippen molar-refractivity contribution in [3.8, 4) is 16.3 Å². The van der Waals surface area contributed by atoms with Gasteiger partial charge < -0.3 is 4.74 Å². The molecule has 0 fully saturated rings. The molecule has 1 aromatic heterocycles. The molecule has 0 aliphatic rings. The van der Waals surface area contributed by atoms with Gasteiger partial charge in [-0.15, -0.1) is 11.3 Å². The van der Waals surface area contributed by atoms with Crippen LogP contribution in [0, 0.1) is 6.07 Å². The van der Waals surface area contributed by atoms with Crippen LogP contribution in [-0.4, -0.2) is 11.6 Å². The van der Waals surface area contributed by atoms with Crippen molar-refractivity contribution in [2.75, 3.05) is 6.61 Å². The second-order valence-corrected chi connectivity index (χ2v) is 5.98. The molecule has 3 heteroatoms. The highest BCUT2D eigenvalue weighted by Crippen LogP contribution is 2.30. The highest BCUT2D eigenvalue weighted by Gasteiger charge is 2.06. The van der Waals surface area contributed by atoms with E-state index in [0.717, 1.165) is 39.6 Å². The van der Waals surface area contributed by atoms with Crippen LogP contribution in [-0.2, 0) is 0 Å². The Morgan fingerprint density at radius 1 is 1.14 bits per heavy atom. The summed E-state index contributed by atoms with van der Waals surface area (Å²) in [6.07, 6.45) is 3.56. The molecule has 0 saturated carbocycles. The number of aromatic nitrogens is 1. The van der Waals surface area contributed by atoms with Crippen LogP contribution in [0.2, 0.25) is 0 Å². The molecular weight excluding hydrogens is 278 g/mol. The van der Waals surface area contributed by atoms with Crippen molar-refractivity contribution in [1.82, 2.24) is 4.98 Å². The average Bonchev–Trinajstić information content (AvgIpc) is 2.96. The van der Waals surface area contributed by atoms with Crippen molar-refractivity contribution in [1.29, 1.82) is 0 Å². The lowest BCUT2D eigenvalue weighted by atomic mass is 10.2. The summed E-state index contributed by atoms with van der Waals surface area (Å²) >= 11 is 1.67. The van der Waals surface area contributed by atoms with E-state index in [1.54, 1.807) is 11.3 Å². The smallest absolute Gasteiger partial charge is 0.124 e. The van der Waals surface area contributed by atoms with Crippen molar-refractivity contribution in [3.63, 3.8) is 0 Å². The van der Waals surface area contributed by atoms with Gasteiger partial charge in [-0.05, 0) is 36.8 Å². The quantitative estimate of drug-likeness (QED) is 0.573. The maximum Gasteiger partial charge on any atom is 0.124 e. The van der Waals surface area contributed by atoms with E-state index in [0.29, 0.717) is 0 Å². The summed E-state index contributed by atoms with van der Waals surface area (Å²) in [5.74, 6) is 0.933. The minimum absolute atomic E-state index is 0.795. The summed E-state index contributed by atoms with van der Waals surface area (Å²) in [6, 6.07) is 17.4. The average molecular weight is 296 g/mol. The fourth-order valence-corrected chi connectivity index (χ4v) is 3.11. The van der Waals surface area contributed by atoms with Crippen LogP contribution < -0.4 is 4.74 Å². The lowest BCUT2D eigenvalue weighted by Crippen LogP contribution is -1.96. The zero-order valence-electron chi connectivity index (χ0n) is 12.1. The highest BCUT2D eigenvalue weighted by molar-refractivity contribution is 7.21. The molecule has 2 aromatic carbocycles. The molecule has 0 N–H and O–H groups in total. The van der Waals surface area contributed by atoms with Gasteiger partial charge in [0.25, 0.3) is 0 Å². The SMILES string of the molecule is CCCCCOc1ccc(-c2nc3ccc[c]c3s2)cc1. The molecule has 0 amide bonds. The number of thiazole rings is 1. The van der Waals surface area contributed by atoms with E-state index in [-0.39, 0.29) is 0 Å². The van der Waals surface area contributed by atoms with Gasteiger partial charge in [0.2, 0.25) is 0 Å². The summed E-state index contributed by atoms with van der Waals surface area (Å²) in [5.41, 5.74) is 2.14. The van der Waals surface area contributed by atoms with Crippen molar-refractivity contribution in [2.24, 2.45) is 0 Å². The molecule has 0 unspecified atom stereocenters. The monoisotopic (exact) mass is 296 g/mol. The third-order valence-corrected chi connectivity index (χ3v) is 4.39. The van der Waals surface area contributed by atoms with Crippen molar-refractivity contribution < 1.29 is 4.74 Å². The highest BCUT2D eigenvalue weighted by atomic mass is 32.1. The van der Waals surface area contributed by atoms with Crippen LogP contribution in [0.25, 0.3) is 20.8 Å². The molecule has 0 aliphatic carbocycles. The molecule has 1 radical (unpaired) electrons. The Hall–Kier alpha value is -1.87. The maximum atomic E-state index is 5.73. The van der Waals surface area contributed by atoms with Crippen molar-refractivity contribution in [2.45, 2.75) is 26.2 Å². The van der Waals surface area contributed by atoms with Crippen molar-refractivity contribution in [3.05, 3.63) is 48.5 Å². The summed E-state index contributed by atoms with van der Waals surface area (Å²) in [5, 5.41) is 1.03. The van der Waals surface area contributed by atoms with Gasteiger partial charge in [0.05, 0.1) is 16.8 Å². The molecule has 21 heavy (non-hydrogen) atoms. The zero-order chi connectivity index (χ0) is 14.5. The predicted molar refractivity (Wildman–Crippen MR) is 88.9 cm³/mol. The van der Waals surface area contributed by atoms with Gasteiger partial charge in [-0.3, -0.25) is 0 Å². The zero-order valence-corrected chi connectivity index (χ0v) is 13.0. The minimum Gasteiger partial charge on any atom is -0.494 e. The largest absolute Gasteiger partial charge is 0.494 e. The molecule has 1 heterocycles. The number of rotatable bonds is 6. The van der Waals surface area contributed by atoms with E-state index in [1.807, 2.05) is 30.3 Å². The van der Waals surface area contributed by atoms with Gasteiger partial charge >= 0.3 is 0 Å². The van der Waals surface area contributed by atoms with E-state index in [2.05, 4.69) is 30.1 Å². The molecule has 0 saturated heterocycles. The second-order valence-electron chi connectivity index (χ2n) is 4.98. The lowest BCUT2D eigenvalue weighted by molar-refractivity contribution is 0.306. The predicted octanol–water partition coefficient (Wildman–Crippen LogP) is 5.33. The van der Waals surface area contributed by atoms with Crippen LogP contribution in [0.5, 0.6) is 5.75 Å². The molecule has 3 aromatic rings. The summed E-state index contributed by atoms with van der Waals surface area (Å²) < 4.78 is 6.84. The van der Waals surface area contributed by atoms with Gasteiger partial charge in [-0.2, -0.15) is 0 Å². The van der Waals surface area contributed by atoms with E-state index in [4.69, 9.17) is 4.74 Å². The second kappa shape index (κ2) is 6.72. The van der Waals surface area contributed by atoms with E-state index in [9.17, 15) is 0 Å². The summed E-state index contributed by atoms with van der Waals surface area (Å²) in [7, 11) is 0. The fraction of sp³-hybridized carbons (Fsp3) is 0.278. The first-order valence-corrected chi connectivity index (χ1v) is 8.19. The van der Waals surface area contributed by atoms with Gasteiger partial charge in [-0.1, -0.05) is 31.9 Å². The van der Waals surface area contributed by atoms with Crippen LogP contribution in [0.4, 0.5) is 0 Å². The van der Waals surface area contributed by atoms with Crippen molar-refractivity contribution >= 4 is 21.6 Å². The Bertz CT molecular complexity index is 670. The number of fused-ring (bicyclic) bond motifs is 1. The Kier molecular flexibility index (Phi) is 4.51. The first kappa shape index (κ1) is 14.1. The molecule has 0 spiro atoms. The Balaban J connectivity index is 1.71. The molecule has 3 rings (SSSR count). The summed E-state index contributed by atoms with van der Waals surface area (Å²) in [4.78, 5) is 4.65. The molecule has 0 bridgehead atoms. The van der Waals surface area contributed by atoms with Crippen LogP contribution in [0.15, 0.2) is 42.5 Å². The van der Waals surface area contributed by atoms with Crippen LogP contribution in [0.1, 0.15) is 26.2 Å². The number of hydrogen-bond donors (Lipinski definition) is 0. The number of unbranched alkanes of at least 4 members (excludes halogenated alkanes) is 2. The summed E-state index contributed by atoms with van der Waals surface area (Å²) in [6.45, 7) is 2.99. The number of hydrogen-bond acceptors (Lipinski definition) is 3. The fourth-order valence-electron chi connectivity index (χ4n) is 2.17. The molecule has 107 valence electrons. The molecule has 2 nitrogen and oxygen atoms in total. The number of nitrogens with zero attached hydrogens (tertiary/aromatic N) is 1. The Labute approximate surface area is 129 Å². The first-order valence-electron chi connectivity index (χ1n) is 7.37. The molecule has 0 aliphatic heterocycles. The number of benzene rings is 2. The topological polar surface area (TPSA) is 22.1 Å². The van der Waals surface area contributed by atoms with E-state index in [1.165, 1.54) is 12.8 Å². The molecule has 0 atom stereocenters. The standard InChI is InChI=1S/C18H18NOS/c1-2-3-6-13-20-15-11-9-14(10-12-15)18-19-16-7-4-5-8-17(16)21-18/h4-5,7,9-12H,2-3,6,13H2,1H3. The van der Waals surface area contributed by atoms with Crippen LogP contribution >= 0.6 is 11.3 Å². The Morgan fingerprint density at radius 2 is 2.00 bits per heavy atom. The third-order valence-electron chi connectivity index (χ3n) is 3.34. The normalized spacial score (nSPS) is 10.9. The van der Waals surface area contributed by atoms with Gasteiger partial charge in [-0.25, -0.2) is 4.98 Å².